The molecule has 8 heteroatoms. The van der Waals surface area contributed by atoms with Gasteiger partial charge in [0, 0.05) is 12.1 Å². The molecule has 1 aliphatic carbocycles. The van der Waals surface area contributed by atoms with Gasteiger partial charge >= 0.3 is 0 Å². The molecule has 1 aliphatic heterocycles. The van der Waals surface area contributed by atoms with Gasteiger partial charge in [-0.1, -0.05) is 43.2 Å². The molecule has 2 aliphatic rings. The average molecular weight is 404 g/mol. The lowest BCUT2D eigenvalue weighted by atomic mass is 9.87. The van der Waals surface area contributed by atoms with E-state index < -0.39 is 0 Å². The quantitative estimate of drug-likeness (QED) is 0.730. The summed E-state index contributed by atoms with van der Waals surface area (Å²) in [7, 11) is 0. The molecule has 2 fully saturated rings. The topological polar surface area (TPSA) is 95.6 Å². The van der Waals surface area contributed by atoms with Crippen molar-refractivity contribution in [2.45, 2.75) is 45.1 Å². The van der Waals surface area contributed by atoms with Gasteiger partial charge in [-0.25, -0.2) is 0 Å². The molecule has 1 heterocycles. The van der Waals surface area contributed by atoms with Crippen LogP contribution in [0.2, 0.25) is 0 Å². The Morgan fingerprint density at radius 3 is 2.39 bits per heavy atom. The largest absolute Gasteiger partial charge is 0.347 e. The highest BCUT2D eigenvalue weighted by molar-refractivity contribution is 8.14. The molecule has 1 aromatic rings. The molecule has 3 rings (SSSR count). The zero-order valence-corrected chi connectivity index (χ0v) is 16.6. The maximum absolute atomic E-state index is 12.0. The number of carbonyl (C=O) groups is 4. The second-order valence-corrected chi connectivity index (χ2v) is 8.19. The van der Waals surface area contributed by atoms with Crippen molar-refractivity contribution < 1.29 is 19.2 Å². The Balaban J connectivity index is 1.40. The molecule has 0 aromatic heterocycles. The van der Waals surface area contributed by atoms with Crippen molar-refractivity contribution >= 4 is 40.4 Å². The minimum atomic E-state index is -0.286. The number of benzene rings is 1. The summed E-state index contributed by atoms with van der Waals surface area (Å²) < 4.78 is 0. The molecule has 150 valence electrons. The van der Waals surface area contributed by atoms with E-state index in [9.17, 15) is 19.2 Å². The summed E-state index contributed by atoms with van der Waals surface area (Å²) in [6.07, 6.45) is 6.32. The van der Waals surface area contributed by atoms with E-state index in [4.69, 9.17) is 0 Å². The molecule has 28 heavy (non-hydrogen) atoms. The number of rotatable bonds is 7. The van der Waals surface area contributed by atoms with Gasteiger partial charge in [0.15, 0.2) is 0 Å². The third kappa shape index (κ3) is 5.82. The van der Waals surface area contributed by atoms with Crippen molar-refractivity contribution in [1.82, 2.24) is 10.2 Å². The zero-order valence-electron chi connectivity index (χ0n) is 15.7. The first kappa shape index (κ1) is 20.4. The highest BCUT2D eigenvalue weighted by Gasteiger charge is 2.29. The van der Waals surface area contributed by atoms with Gasteiger partial charge in [-0.05, 0) is 36.5 Å². The van der Waals surface area contributed by atoms with Crippen molar-refractivity contribution in [3.05, 3.63) is 29.8 Å². The summed E-state index contributed by atoms with van der Waals surface area (Å²) in [4.78, 5) is 48.5. The molecule has 0 unspecified atom stereocenters. The van der Waals surface area contributed by atoms with Gasteiger partial charge in [0.2, 0.25) is 17.7 Å². The van der Waals surface area contributed by atoms with Crippen LogP contribution in [-0.2, 0) is 20.9 Å². The van der Waals surface area contributed by atoms with Crippen LogP contribution in [0.4, 0.5) is 10.5 Å². The van der Waals surface area contributed by atoms with Gasteiger partial charge in [-0.15, -0.1) is 0 Å². The lowest BCUT2D eigenvalue weighted by molar-refractivity contribution is -0.125. The molecule has 0 bridgehead atoms. The molecule has 2 N–H and O–H groups in total. The monoisotopic (exact) mass is 403 g/mol. The number of nitrogens with zero attached hydrogens (tertiary/aromatic N) is 1. The summed E-state index contributed by atoms with van der Waals surface area (Å²) in [5.74, 6) is 0.0918. The second-order valence-electron chi connectivity index (χ2n) is 7.26. The molecule has 0 radical (unpaired) electrons. The van der Waals surface area contributed by atoms with Crippen molar-refractivity contribution in [2.24, 2.45) is 5.92 Å². The third-order valence-corrected chi connectivity index (χ3v) is 5.92. The normalized spacial score (nSPS) is 17.6. The Hall–Kier alpha value is -2.35. The van der Waals surface area contributed by atoms with Gasteiger partial charge in [0.05, 0.1) is 18.8 Å². The number of thioether (sulfide) groups is 1. The van der Waals surface area contributed by atoms with Crippen LogP contribution in [0.25, 0.3) is 0 Å². The molecular formula is C20H25N3O4S. The minimum Gasteiger partial charge on any atom is -0.347 e. The molecule has 0 spiro atoms. The first-order chi connectivity index (χ1) is 13.5. The predicted octanol–water partition coefficient (Wildman–Crippen LogP) is 2.91. The van der Waals surface area contributed by atoms with Crippen molar-refractivity contribution in [3.63, 3.8) is 0 Å². The number of nitrogens with one attached hydrogen (secondary N) is 2. The van der Waals surface area contributed by atoms with E-state index in [0.29, 0.717) is 18.0 Å². The maximum Gasteiger partial charge on any atom is 0.289 e. The first-order valence-corrected chi connectivity index (χ1v) is 10.6. The Labute approximate surface area is 168 Å². The maximum atomic E-state index is 12.0. The third-order valence-electron chi connectivity index (χ3n) is 5.06. The highest BCUT2D eigenvalue weighted by Crippen LogP contribution is 2.26. The number of hydrogen-bond acceptors (Lipinski definition) is 5. The molecule has 1 aromatic carbocycles. The van der Waals surface area contributed by atoms with Gasteiger partial charge in [0.25, 0.3) is 5.24 Å². The lowest BCUT2D eigenvalue weighted by Gasteiger charge is -2.20. The SMILES string of the molecule is O=C(CC1CCCCC1)NCC(=O)Nc1ccc(CN2C(=O)CSC2=O)cc1. The second kappa shape index (κ2) is 9.73. The van der Waals surface area contributed by atoms with Crippen LogP contribution >= 0.6 is 11.8 Å². The smallest absolute Gasteiger partial charge is 0.289 e. The Morgan fingerprint density at radius 2 is 1.75 bits per heavy atom. The number of hydrogen-bond donors (Lipinski definition) is 2. The molecule has 0 atom stereocenters. The minimum absolute atomic E-state index is 0.0543. The van der Waals surface area contributed by atoms with Crippen LogP contribution in [0, 0.1) is 5.92 Å². The fourth-order valence-corrected chi connectivity index (χ4v) is 4.24. The predicted molar refractivity (Wildman–Crippen MR) is 108 cm³/mol. The fraction of sp³-hybridized carbons (Fsp3) is 0.500. The molecule has 1 saturated heterocycles. The number of carbonyl (C=O) groups excluding carboxylic acids is 4. The summed E-state index contributed by atoms with van der Waals surface area (Å²) in [6, 6.07) is 6.96. The summed E-state index contributed by atoms with van der Waals surface area (Å²) in [5.41, 5.74) is 1.41. The fourth-order valence-electron chi connectivity index (χ4n) is 3.52. The molecule has 7 nitrogen and oxygen atoms in total. The highest BCUT2D eigenvalue weighted by atomic mass is 32.2. The molecule has 1 saturated carbocycles. The van der Waals surface area contributed by atoms with E-state index in [1.807, 2.05) is 0 Å². The van der Waals surface area contributed by atoms with Crippen LogP contribution < -0.4 is 10.6 Å². The van der Waals surface area contributed by atoms with E-state index in [1.54, 1.807) is 24.3 Å². The Kier molecular flexibility index (Phi) is 7.08. The van der Waals surface area contributed by atoms with E-state index in [-0.39, 0.29) is 41.8 Å². The van der Waals surface area contributed by atoms with Gasteiger partial charge < -0.3 is 10.6 Å². The number of anilines is 1. The van der Waals surface area contributed by atoms with Crippen LogP contribution in [-0.4, -0.2) is 40.2 Å². The van der Waals surface area contributed by atoms with Crippen LogP contribution in [0.5, 0.6) is 0 Å². The average Bonchev–Trinajstić information content (AvgIpc) is 3.01. The van der Waals surface area contributed by atoms with Gasteiger partial charge in [-0.3, -0.25) is 24.1 Å². The Morgan fingerprint density at radius 1 is 1.04 bits per heavy atom. The van der Waals surface area contributed by atoms with E-state index >= 15 is 0 Å². The summed E-state index contributed by atoms with van der Waals surface area (Å²) >= 11 is 1.01. The van der Waals surface area contributed by atoms with E-state index in [1.165, 1.54) is 24.2 Å². The first-order valence-electron chi connectivity index (χ1n) is 9.64. The summed E-state index contributed by atoms with van der Waals surface area (Å²) in [6.45, 7) is 0.178. The molecule has 4 amide bonds. The standard InChI is InChI=1S/C20H25N3O4S/c24-17(10-14-4-2-1-3-5-14)21-11-18(25)22-16-8-6-15(7-9-16)12-23-19(26)13-28-20(23)27/h6-9,14H,1-5,10-13H2,(H,21,24)(H,22,25). The van der Waals surface area contributed by atoms with Crippen molar-refractivity contribution in [2.75, 3.05) is 17.6 Å². The van der Waals surface area contributed by atoms with Gasteiger partial charge in [-0.2, -0.15) is 0 Å². The molecular weight excluding hydrogens is 378 g/mol. The summed E-state index contributed by atoms with van der Waals surface area (Å²) in [5, 5.41) is 5.19. The lowest BCUT2D eigenvalue weighted by Crippen LogP contribution is -2.34. The van der Waals surface area contributed by atoms with Crippen LogP contribution in [0.15, 0.2) is 24.3 Å². The van der Waals surface area contributed by atoms with E-state index in [2.05, 4.69) is 10.6 Å². The number of imide groups is 1. The van der Waals surface area contributed by atoms with Crippen molar-refractivity contribution in [3.8, 4) is 0 Å². The zero-order chi connectivity index (χ0) is 19.9. The van der Waals surface area contributed by atoms with Crippen molar-refractivity contribution in [1.29, 1.82) is 0 Å². The van der Waals surface area contributed by atoms with E-state index in [0.717, 1.165) is 30.2 Å². The number of amides is 4. The van der Waals surface area contributed by atoms with Gasteiger partial charge in [0.1, 0.15) is 0 Å². The Bertz CT molecular complexity index is 728. The van der Waals surface area contributed by atoms with Crippen LogP contribution in [0.3, 0.4) is 0 Å². The van der Waals surface area contributed by atoms with Crippen LogP contribution in [0.1, 0.15) is 44.1 Å².